The Morgan fingerprint density at radius 3 is 2.56 bits per heavy atom. The Morgan fingerprint density at radius 1 is 1.26 bits per heavy atom. The summed E-state index contributed by atoms with van der Waals surface area (Å²) in [5, 5.41) is 9.66. The van der Waals surface area contributed by atoms with E-state index in [0.29, 0.717) is 29.4 Å². The minimum absolute atomic E-state index is 0.0188. The van der Waals surface area contributed by atoms with Crippen molar-refractivity contribution >= 4 is 29.1 Å². The molecule has 0 bridgehead atoms. The molecule has 1 aromatic carbocycles. The minimum Gasteiger partial charge on any atom is -0.391 e. The second-order valence-corrected chi connectivity index (χ2v) is 7.36. The normalized spacial score (nSPS) is 15.6. The monoisotopic (exact) mass is 393 g/mol. The molecule has 1 heterocycles. The third kappa shape index (κ3) is 5.61. The topological polar surface area (TPSA) is 99.5 Å². The van der Waals surface area contributed by atoms with Gasteiger partial charge in [0.25, 0.3) is 5.91 Å². The lowest BCUT2D eigenvalue weighted by molar-refractivity contribution is -0.128. The molecular weight excluding hydrogens is 366 g/mol. The fourth-order valence-electron chi connectivity index (χ4n) is 3.04. The summed E-state index contributed by atoms with van der Waals surface area (Å²) in [6.45, 7) is 6.47. The van der Waals surface area contributed by atoms with Gasteiger partial charge in [-0.1, -0.05) is 11.6 Å². The van der Waals surface area contributed by atoms with E-state index in [-0.39, 0.29) is 17.9 Å². The van der Waals surface area contributed by atoms with Crippen molar-refractivity contribution in [2.45, 2.75) is 39.4 Å². The fourth-order valence-corrected chi connectivity index (χ4v) is 3.28. The molecule has 8 heteroatoms. The molecule has 0 saturated carbocycles. The van der Waals surface area contributed by atoms with Crippen LogP contribution < -0.4 is 21.7 Å². The maximum Gasteiger partial charge on any atom is 0.251 e. The van der Waals surface area contributed by atoms with Crippen LogP contribution in [-0.4, -0.2) is 49.1 Å². The highest BCUT2D eigenvalue weighted by molar-refractivity contribution is 6.31. The molecule has 1 atom stereocenters. The average molecular weight is 394 g/mol. The first-order valence-corrected chi connectivity index (χ1v) is 9.37. The summed E-state index contributed by atoms with van der Waals surface area (Å²) in [6.07, 6.45) is 0.201. The van der Waals surface area contributed by atoms with Crippen LogP contribution in [0.4, 0.5) is 5.69 Å². The van der Waals surface area contributed by atoms with E-state index in [2.05, 4.69) is 16.0 Å². The van der Waals surface area contributed by atoms with Gasteiger partial charge in [-0.25, -0.2) is 0 Å². The predicted octanol–water partition coefficient (Wildman–Crippen LogP) is 1.90. The molecule has 1 aromatic rings. The molecule has 5 N–H and O–H groups in total. The van der Waals surface area contributed by atoms with Crippen LogP contribution in [0.3, 0.4) is 0 Å². The lowest BCUT2D eigenvalue weighted by Gasteiger charge is -2.33. The summed E-state index contributed by atoms with van der Waals surface area (Å²) < 4.78 is 0. The number of halogens is 1. The number of amides is 2. The van der Waals surface area contributed by atoms with Gasteiger partial charge >= 0.3 is 0 Å². The molecule has 2 rings (SSSR count). The SMILES string of the molecule is CNC1=C(C(N)Nc2cc(Cl)cc(C(=O)NC(C)C)c2)CN(C(C)=O)CC1. The van der Waals surface area contributed by atoms with Crippen LogP contribution in [0.5, 0.6) is 0 Å². The van der Waals surface area contributed by atoms with Gasteiger partial charge in [-0.2, -0.15) is 0 Å². The predicted molar refractivity (Wildman–Crippen MR) is 109 cm³/mol. The third-order valence-corrected chi connectivity index (χ3v) is 4.62. The molecule has 1 aliphatic heterocycles. The lowest BCUT2D eigenvalue weighted by atomic mass is 10.0. The number of anilines is 1. The quantitative estimate of drug-likeness (QED) is 0.553. The number of benzene rings is 1. The van der Waals surface area contributed by atoms with Gasteiger partial charge in [-0.05, 0) is 32.0 Å². The number of nitrogens with zero attached hydrogens (tertiary/aromatic N) is 1. The molecule has 2 amide bonds. The summed E-state index contributed by atoms with van der Waals surface area (Å²) in [6, 6.07) is 5.08. The summed E-state index contributed by atoms with van der Waals surface area (Å²) in [4.78, 5) is 25.8. The number of hydrogen-bond donors (Lipinski definition) is 4. The van der Waals surface area contributed by atoms with E-state index < -0.39 is 6.17 Å². The first kappa shape index (κ1) is 21.1. The highest BCUT2D eigenvalue weighted by atomic mass is 35.5. The molecule has 7 nitrogen and oxygen atoms in total. The van der Waals surface area contributed by atoms with Gasteiger partial charge < -0.3 is 26.6 Å². The number of carbonyl (C=O) groups excluding carboxylic acids is 2. The van der Waals surface area contributed by atoms with Crippen molar-refractivity contribution in [3.05, 3.63) is 40.1 Å². The van der Waals surface area contributed by atoms with Gasteiger partial charge in [-0.3, -0.25) is 9.59 Å². The molecule has 148 valence electrons. The average Bonchev–Trinajstić information content (AvgIpc) is 2.59. The lowest BCUT2D eigenvalue weighted by Crippen LogP contribution is -2.45. The molecular formula is C19H28ClN5O2. The van der Waals surface area contributed by atoms with E-state index >= 15 is 0 Å². The van der Waals surface area contributed by atoms with Crippen LogP contribution in [0.25, 0.3) is 0 Å². The molecule has 0 radical (unpaired) electrons. The Labute approximate surface area is 165 Å². The molecule has 27 heavy (non-hydrogen) atoms. The highest BCUT2D eigenvalue weighted by Gasteiger charge is 2.24. The van der Waals surface area contributed by atoms with E-state index in [1.54, 1.807) is 30.0 Å². The zero-order valence-corrected chi connectivity index (χ0v) is 17.0. The smallest absolute Gasteiger partial charge is 0.251 e. The number of hydrogen-bond acceptors (Lipinski definition) is 5. The van der Waals surface area contributed by atoms with Gasteiger partial charge in [0.05, 0.1) is 0 Å². The summed E-state index contributed by atoms with van der Waals surface area (Å²) >= 11 is 6.18. The first-order valence-electron chi connectivity index (χ1n) is 9.00. The largest absolute Gasteiger partial charge is 0.391 e. The van der Waals surface area contributed by atoms with Gasteiger partial charge in [0.2, 0.25) is 5.91 Å². The summed E-state index contributed by atoms with van der Waals surface area (Å²) in [5.41, 5.74) is 9.41. The molecule has 1 aliphatic rings. The van der Waals surface area contributed by atoms with Gasteiger partial charge in [0, 0.05) is 67.1 Å². The van der Waals surface area contributed by atoms with E-state index in [9.17, 15) is 9.59 Å². The maximum atomic E-state index is 12.3. The van der Waals surface area contributed by atoms with Crippen molar-refractivity contribution < 1.29 is 9.59 Å². The van der Waals surface area contributed by atoms with Crippen LogP contribution in [-0.2, 0) is 4.79 Å². The molecule has 0 saturated heterocycles. The van der Waals surface area contributed by atoms with Crippen molar-refractivity contribution in [2.75, 3.05) is 25.5 Å². The second-order valence-electron chi connectivity index (χ2n) is 6.92. The fraction of sp³-hybridized carbons (Fsp3) is 0.474. The Morgan fingerprint density at radius 2 is 1.96 bits per heavy atom. The molecule has 0 spiro atoms. The van der Waals surface area contributed by atoms with Crippen molar-refractivity contribution in [2.24, 2.45) is 5.73 Å². The number of nitrogens with two attached hydrogens (primary N) is 1. The first-order chi connectivity index (χ1) is 12.7. The van der Waals surface area contributed by atoms with Gasteiger partial charge in [-0.15, -0.1) is 0 Å². The van der Waals surface area contributed by atoms with Crippen molar-refractivity contribution in [3.63, 3.8) is 0 Å². The van der Waals surface area contributed by atoms with E-state index in [0.717, 1.165) is 17.7 Å². The summed E-state index contributed by atoms with van der Waals surface area (Å²) in [7, 11) is 1.85. The summed E-state index contributed by atoms with van der Waals surface area (Å²) in [5.74, 6) is -0.176. The van der Waals surface area contributed by atoms with Gasteiger partial charge in [0.1, 0.15) is 6.17 Å². The molecule has 0 fully saturated rings. The Hall–Kier alpha value is -2.25. The van der Waals surface area contributed by atoms with E-state index in [4.69, 9.17) is 17.3 Å². The van der Waals surface area contributed by atoms with E-state index in [1.807, 2.05) is 20.9 Å². The highest BCUT2D eigenvalue weighted by Crippen LogP contribution is 2.23. The maximum absolute atomic E-state index is 12.3. The van der Waals surface area contributed by atoms with Crippen LogP contribution >= 0.6 is 11.6 Å². The third-order valence-electron chi connectivity index (χ3n) is 4.40. The van der Waals surface area contributed by atoms with Crippen LogP contribution in [0.2, 0.25) is 5.02 Å². The van der Waals surface area contributed by atoms with Crippen LogP contribution in [0.1, 0.15) is 37.6 Å². The van der Waals surface area contributed by atoms with Crippen molar-refractivity contribution in [3.8, 4) is 0 Å². The van der Waals surface area contributed by atoms with Crippen molar-refractivity contribution in [1.29, 1.82) is 0 Å². The molecule has 1 unspecified atom stereocenters. The zero-order valence-electron chi connectivity index (χ0n) is 16.2. The Bertz CT molecular complexity index is 748. The van der Waals surface area contributed by atoms with Crippen molar-refractivity contribution in [1.82, 2.24) is 15.5 Å². The number of nitrogens with one attached hydrogen (secondary N) is 3. The van der Waals surface area contributed by atoms with Gasteiger partial charge in [0.15, 0.2) is 0 Å². The van der Waals surface area contributed by atoms with Crippen LogP contribution in [0, 0.1) is 0 Å². The minimum atomic E-state index is -0.519. The number of rotatable bonds is 6. The molecule has 0 aliphatic carbocycles. The second kappa shape index (κ2) is 9.10. The number of carbonyl (C=O) groups is 2. The zero-order chi connectivity index (χ0) is 20.1. The Kier molecular flexibility index (Phi) is 7.10. The van der Waals surface area contributed by atoms with E-state index in [1.165, 1.54) is 0 Å². The molecule has 0 aromatic heterocycles. The Balaban J connectivity index is 2.22. The standard InChI is InChI=1S/C19H28ClN5O2/c1-11(2)23-19(27)13-7-14(20)9-15(8-13)24-18(21)16-10-25(12(3)26)6-5-17(16)22-4/h7-9,11,18,22,24H,5-6,10,21H2,1-4H3,(H,23,27). The van der Waals surface area contributed by atoms with Crippen LogP contribution in [0.15, 0.2) is 29.5 Å².